The Bertz CT molecular complexity index is 665. The Labute approximate surface area is 124 Å². The maximum absolute atomic E-state index is 11.9. The van der Waals surface area contributed by atoms with Gasteiger partial charge in [0.2, 0.25) is 5.91 Å². The Morgan fingerprint density at radius 1 is 1.38 bits per heavy atom. The molecule has 1 heterocycles. The summed E-state index contributed by atoms with van der Waals surface area (Å²) in [6.45, 7) is 2.54. The lowest BCUT2D eigenvalue weighted by atomic mass is 10.1. The molecule has 1 aromatic carbocycles. The van der Waals surface area contributed by atoms with Crippen molar-refractivity contribution < 1.29 is 4.79 Å². The van der Waals surface area contributed by atoms with Crippen LogP contribution in [0.2, 0.25) is 0 Å². The van der Waals surface area contributed by atoms with E-state index in [1.807, 2.05) is 20.2 Å². The van der Waals surface area contributed by atoms with Crippen LogP contribution in [0.3, 0.4) is 0 Å². The van der Waals surface area contributed by atoms with Crippen molar-refractivity contribution in [2.24, 2.45) is 7.05 Å². The Hall–Kier alpha value is -2.61. The first-order valence-corrected chi connectivity index (χ1v) is 6.89. The molecule has 2 rings (SSSR count). The maximum Gasteiger partial charge on any atom is 0.224 e. The van der Waals surface area contributed by atoms with Crippen LogP contribution in [0.15, 0.2) is 30.5 Å². The van der Waals surface area contributed by atoms with Gasteiger partial charge in [0.15, 0.2) is 0 Å². The average molecular weight is 282 g/mol. The van der Waals surface area contributed by atoms with Crippen molar-refractivity contribution in [1.29, 1.82) is 5.26 Å². The Balaban J connectivity index is 1.91. The second-order valence-corrected chi connectivity index (χ2v) is 4.89. The number of aromatic nitrogens is 2. The molecule has 108 valence electrons. The highest BCUT2D eigenvalue weighted by atomic mass is 16.1. The normalized spacial score (nSPS) is 10.1. The van der Waals surface area contributed by atoms with Crippen LogP contribution in [-0.4, -0.2) is 15.7 Å². The molecule has 5 nitrogen and oxygen atoms in total. The number of nitriles is 1. The van der Waals surface area contributed by atoms with E-state index in [4.69, 9.17) is 5.26 Å². The molecule has 0 unspecified atom stereocenters. The molecule has 0 aliphatic heterocycles. The minimum atomic E-state index is -0.0365. The smallest absolute Gasteiger partial charge is 0.224 e. The average Bonchev–Trinajstić information content (AvgIpc) is 2.86. The summed E-state index contributed by atoms with van der Waals surface area (Å²) in [5.41, 5.74) is 3.56. The number of amides is 1. The molecule has 0 fully saturated rings. The minimum absolute atomic E-state index is 0.0365. The fourth-order valence-corrected chi connectivity index (χ4v) is 2.17. The zero-order chi connectivity index (χ0) is 15.2. The number of benzene rings is 1. The number of carbonyl (C=O) groups is 1. The quantitative estimate of drug-likeness (QED) is 0.907. The predicted molar refractivity (Wildman–Crippen MR) is 79.3 cm³/mol. The highest BCUT2D eigenvalue weighted by Gasteiger charge is 2.08. The largest absolute Gasteiger partial charge is 0.352 e. The fourth-order valence-electron chi connectivity index (χ4n) is 2.17. The SMILES string of the molecule is CCc1nn(C)cc1CNC(=O)Cc1ccc(C#N)cc1. The van der Waals surface area contributed by atoms with Crippen LogP contribution in [0.1, 0.15) is 29.3 Å². The third-order valence-corrected chi connectivity index (χ3v) is 3.25. The first-order chi connectivity index (χ1) is 10.1. The molecule has 0 aliphatic carbocycles. The summed E-state index contributed by atoms with van der Waals surface area (Å²) in [5, 5.41) is 16.0. The van der Waals surface area contributed by atoms with Crippen LogP contribution in [0, 0.1) is 11.3 Å². The maximum atomic E-state index is 11.9. The number of nitrogens with zero attached hydrogens (tertiary/aromatic N) is 3. The molecule has 0 atom stereocenters. The van der Waals surface area contributed by atoms with E-state index in [9.17, 15) is 4.79 Å². The van der Waals surface area contributed by atoms with E-state index >= 15 is 0 Å². The number of hydrogen-bond donors (Lipinski definition) is 1. The van der Waals surface area contributed by atoms with E-state index in [0.29, 0.717) is 18.5 Å². The summed E-state index contributed by atoms with van der Waals surface area (Å²) in [5.74, 6) is -0.0365. The molecule has 21 heavy (non-hydrogen) atoms. The van der Waals surface area contributed by atoms with E-state index in [1.165, 1.54) is 0 Å². The Morgan fingerprint density at radius 2 is 2.10 bits per heavy atom. The van der Waals surface area contributed by atoms with Gasteiger partial charge in [-0.3, -0.25) is 9.48 Å². The minimum Gasteiger partial charge on any atom is -0.352 e. The lowest BCUT2D eigenvalue weighted by Crippen LogP contribution is -2.24. The zero-order valence-corrected chi connectivity index (χ0v) is 12.3. The number of nitrogens with one attached hydrogen (secondary N) is 1. The molecule has 2 aromatic rings. The molecular weight excluding hydrogens is 264 g/mol. The first kappa shape index (κ1) is 14.8. The summed E-state index contributed by atoms with van der Waals surface area (Å²) in [7, 11) is 1.88. The molecule has 1 aromatic heterocycles. The molecular formula is C16H18N4O. The monoisotopic (exact) mass is 282 g/mol. The summed E-state index contributed by atoms with van der Waals surface area (Å²) >= 11 is 0. The summed E-state index contributed by atoms with van der Waals surface area (Å²) in [6.07, 6.45) is 3.09. The molecule has 0 saturated heterocycles. The van der Waals surface area contributed by atoms with Gasteiger partial charge < -0.3 is 5.32 Å². The summed E-state index contributed by atoms with van der Waals surface area (Å²) < 4.78 is 1.76. The van der Waals surface area contributed by atoms with E-state index in [2.05, 4.69) is 16.5 Å². The van der Waals surface area contributed by atoms with Gasteiger partial charge in [0, 0.05) is 25.4 Å². The lowest BCUT2D eigenvalue weighted by molar-refractivity contribution is -0.120. The third-order valence-electron chi connectivity index (χ3n) is 3.25. The van der Waals surface area contributed by atoms with Crippen molar-refractivity contribution in [2.45, 2.75) is 26.3 Å². The van der Waals surface area contributed by atoms with Crippen LogP contribution in [0.4, 0.5) is 0 Å². The van der Waals surface area contributed by atoms with Crippen LogP contribution in [0.25, 0.3) is 0 Å². The fraction of sp³-hybridized carbons (Fsp3) is 0.312. The first-order valence-electron chi connectivity index (χ1n) is 6.89. The molecule has 5 heteroatoms. The number of aryl methyl sites for hydroxylation is 2. The van der Waals surface area contributed by atoms with Crippen LogP contribution in [0.5, 0.6) is 0 Å². The lowest BCUT2D eigenvalue weighted by Gasteiger charge is -2.05. The van der Waals surface area contributed by atoms with Crippen molar-refractivity contribution >= 4 is 5.91 Å². The highest BCUT2D eigenvalue weighted by Crippen LogP contribution is 2.07. The molecule has 0 aliphatic rings. The van der Waals surface area contributed by atoms with Crippen LogP contribution >= 0.6 is 0 Å². The van der Waals surface area contributed by atoms with Gasteiger partial charge >= 0.3 is 0 Å². The van der Waals surface area contributed by atoms with Gasteiger partial charge in [0.1, 0.15) is 0 Å². The number of rotatable bonds is 5. The van der Waals surface area contributed by atoms with E-state index in [1.54, 1.807) is 28.9 Å². The van der Waals surface area contributed by atoms with Crippen molar-refractivity contribution in [3.63, 3.8) is 0 Å². The second kappa shape index (κ2) is 6.71. The molecule has 0 saturated carbocycles. The van der Waals surface area contributed by atoms with Gasteiger partial charge in [-0.05, 0) is 24.1 Å². The van der Waals surface area contributed by atoms with E-state index < -0.39 is 0 Å². The topological polar surface area (TPSA) is 70.7 Å². The van der Waals surface area contributed by atoms with E-state index in [-0.39, 0.29) is 5.91 Å². The second-order valence-electron chi connectivity index (χ2n) is 4.89. The van der Waals surface area contributed by atoms with Gasteiger partial charge in [-0.2, -0.15) is 10.4 Å². The molecule has 0 bridgehead atoms. The zero-order valence-electron chi connectivity index (χ0n) is 12.3. The van der Waals surface area contributed by atoms with Gasteiger partial charge in [0.05, 0.1) is 23.7 Å². The van der Waals surface area contributed by atoms with Gasteiger partial charge in [0.25, 0.3) is 0 Å². The van der Waals surface area contributed by atoms with Crippen molar-refractivity contribution in [3.05, 3.63) is 52.8 Å². The van der Waals surface area contributed by atoms with Crippen LogP contribution in [-0.2, 0) is 31.2 Å². The summed E-state index contributed by atoms with van der Waals surface area (Å²) in [4.78, 5) is 11.9. The molecule has 0 spiro atoms. The predicted octanol–water partition coefficient (Wildman–Crippen LogP) is 1.71. The van der Waals surface area contributed by atoms with Crippen molar-refractivity contribution in [3.8, 4) is 6.07 Å². The van der Waals surface area contributed by atoms with Crippen molar-refractivity contribution in [2.75, 3.05) is 0 Å². The van der Waals surface area contributed by atoms with Gasteiger partial charge in [-0.1, -0.05) is 19.1 Å². The highest BCUT2D eigenvalue weighted by molar-refractivity contribution is 5.78. The van der Waals surface area contributed by atoms with Gasteiger partial charge in [-0.25, -0.2) is 0 Å². The third kappa shape index (κ3) is 3.93. The molecule has 1 N–H and O–H groups in total. The Morgan fingerprint density at radius 3 is 2.71 bits per heavy atom. The summed E-state index contributed by atoms with van der Waals surface area (Å²) in [6, 6.07) is 9.11. The standard InChI is InChI=1S/C16H18N4O/c1-3-15-14(11-20(2)19-15)10-18-16(21)8-12-4-6-13(9-17)7-5-12/h4-7,11H,3,8,10H2,1-2H3,(H,18,21). The number of hydrogen-bond acceptors (Lipinski definition) is 3. The molecule has 1 amide bonds. The number of carbonyl (C=O) groups excluding carboxylic acids is 1. The van der Waals surface area contributed by atoms with Crippen molar-refractivity contribution in [1.82, 2.24) is 15.1 Å². The Kier molecular flexibility index (Phi) is 4.72. The van der Waals surface area contributed by atoms with Crippen LogP contribution < -0.4 is 5.32 Å². The van der Waals surface area contributed by atoms with E-state index in [0.717, 1.165) is 23.2 Å². The van der Waals surface area contributed by atoms with Gasteiger partial charge in [-0.15, -0.1) is 0 Å². The molecule has 0 radical (unpaired) electrons.